The summed E-state index contributed by atoms with van der Waals surface area (Å²) in [7, 11) is 0. The van der Waals surface area contributed by atoms with E-state index in [1.165, 1.54) is 5.56 Å². The van der Waals surface area contributed by atoms with E-state index in [-0.39, 0.29) is 13.1 Å². The first-order valence-electron chi connectivity index (χ1n) is 5.71. The Labute approximate surface area is 101 Å². The van der Waals surface area contributed by atoms with Gasteiger partial charge in [-0.3, -0.25) is 4.79 Å². The molecule has 4 nitrogen and oxygen atoms in total. The first-order chi connectivity index (χ1) is 8.00. The van der Waals surface area contributed by atoms with Gasteiger partial charge in [-0.25, -0.2) is 0 Å². The molecule has 0 aliphatic rings. The summed E-state index contributed by atoms with van der Waals surface area (Å²) in [5.74, 6) is -0.460. The number of carboxylic acid groups (broad SMARTS) is 1. The minimum absolute atomic E-state index is 0.138. The third-order valence-corrected chi connectivity index (χ3v) is 2.60. The maximum Gasteiger partial charge on any atom is 0.317 e. The van der Waals surface area contributed by atoms with E-state index in [1.807, 2.05) is 24.3 Å². The lowest BCUT2D eigenvalue weighted by Crippen LogP contribution is -2.27. The SMILES string of the molecule is CC(C)c1ccc(C(O)CNCC(=O)O)cc1. The molecule has 0 saturated carbocycles. The summed E-state index contributed by atoms with van der Waals surface area (Å²) in [6.07, 6.45) is -0.671. The highest BCUT2D eigenvalue weighted by molar-refractivity contribution is 5.68. The fourth-order valence-corrected chi connectivity index (χ4v) is 1.54. The molecule has 3 N–H and O–H groups in total. The van der Waals surface area contributed by atoms with E-state index in [4.69, 9.17) is 5.11 Å². The number of rotatable bonds is 6. The van der Waals surface area contributed by atoms with Crippen molar-refractivity contribution in [3.05, 3.63) is 35.4 Å². The molecule has 4 heteroatoms. The van der Waals surface area contributed by atoms with Crippen molar-refractivity contribution in [2.75, 3.05) is 13.1 Å². The number of hydrogen-bond donors (Lipinski definition) is 3. The number of aliphatic carboxylic acids is 1. The first kappa shape index (κ1) is 13.7. The van der Waals surface area contributed by atoms with E-state index in [0.717, 1.165) is 5.56 Å². The average molecular weight is 237 g/mol. The Balaban J connectivity index is 2.51. The molecular weight excluding hydrogens is 218 g/mol. The van der Waals surface area contributed by atoms with Crippen molar-refractivity contribution >= 4 is 5.97 Å². The van der Waals surface area contributed by atoms with Crippen LogP contribution in [0.1, 0.15) is 37.0 Å². The summed E-state index contributed by atoms with van der Waals surface area (Å²) in [6, 6.07) is 7.73. The Morgan fingerprint density at radius 3 is 2.24 bits per heavy atom. The predicted octanol–water partition coefficient (Wildman–Crippen LogP) is 1.52. The molecule has 1 aromatic rings. The maximum atomic E-state index is 10.3. The van der Waals surface area contributed by atoms with Gasteiger partial charge in [0.15, 0.2) is 0 Å². The van der Waals surface area contributed by atoms with Crippen molar-refractivity contribution in [2.45, 2.75) is 25.9 Å². The van der Waals surface area contributed by atoms with E-state index in [0.29, 0.717) is 5.92 Å². The second-order valence-corrected chi connectivity index (χ2v) is 4.36. The minimum Gasteiger partial charge on any atom is -0.480 e. The Bertz CT molecular complexity index is 359. The van der Waals surface area contributed by atoms with E-state index in [1.54, 1.807) is 0 Å². The third-order valence-electron chi connectivity index (χ3n) is 2.60. The van der Waals surface area contributed by atoms with Crippen LogP contribution in [0.5, 0.6) is 0 Å². The Morgan fingerprint density at radius 1 is 1.24 bits per heavy atom. The molecule has 1 rings (SSSR count). The quantitative estimate of drug-likeness (QED) is 0.701. The maximum absolute atomic E-state index is 10.3. The van der Waals surface area contributed by atoms with Gasteiger partial charge in [0.25, 0.3) is 0 Å². The number of benzene rings is 1. The summed E-state index contributed by atoms with van der Waals surface area (Å²) < 4.78 is 0. The zero-order chi connectivity index (χ0) is 12.8. The highest BCUT2D eigenvalue weighted by Crippen LogP contribution is 2.18. The fourth-order valence-electron chi connectivity index (χ4n) is 1.54. The van der Waals surface area contributed by atoms with Crippen molar-refractivity contribution in [3.63, 3.8) is 0 Å². The number of carbonyl (C=O) groups is 1. The molecule has 1 atom stereocenters. The lowest BCUT2D eigenvalue weighted by molar-refractivity contribution is -0.136. The molecule has 0 fully saturated rings. The second-order valence-electron chi connectivity index (χ2n) is 4.36. The van der Waals surface area contributed by atoms with Gasteiger partial charge in [0.05, 0.1) is 12.6 Å². The predicted molar refractivity (Wildman–Crippen MR) is 66.0 cm³/mol. The Kier molecular flexibility index (Phi) is 5.12. The van der Waals surface area contributed by atoms with Gasteiger partial charge in [0.1, 0.15) is 0 Å². The first-order valence-corrected chi connectivity index (χ1v) is 5.71. The number of aliphatic hydroxyl groups is 1. The molecule has 0 saturated heterocycles. The van der Waals surface area contributed by atoms with Gasteiger partial charge in [-0.15, -0.1) is 0 Å². The van der Waals surface area contributed by atoms with Gasteiger partial charge in [0, 0.05) is 6.54 Å². The number of hydrogen-bond acceptors (Lipinski definition) is 3. The average Bonchev–Trinajstić information content (AvgIpc) is 2.28. The van der Waals surface area contributed by atoms with Gasteiger partial charge in [0.2, 0.25) is 0 Å². The monoisotopic (exact) mass is 237 g/mol. The van der Waals surface area contributed by atoms with Gasteiger partial charge in [-0.05, 0) is 17.0 Å². The van der Waals surface area contributed by atoms with Crippen LogP contribution in [0.4, 0.5) is 0 Å². The van der Waals surface area contributed by atoms with E-state index < -0.39 is 12.1 Å². The number of carboxylic acids is 1. The van der Waals surface area contributed by atoms with Crippen LogP contribution >= 0.6 is 0 Å². The molecule has 0 aliphatic heterocycles. The Hall–Kier alpha value is -1.39. The second kappa shape index (κ2) is 6.37. The molecule has 0 spiro atoms. The van der Waals surface area contributed by atoms with Crippen molar-refractivity contribution < 1.29 is 15.0 Å². The molecule has 0 bridgehead atoms. The molecule has 0 heterocycles. The van der Waals surface area contributed by atoms with Crippen molar-refractivity contribution in [1.29, 1.82) is 0 Å². The zero-order valence-corrected chi connectivity index (χ0v) is 10.2. The van der Waals surface area contributed by atoms with E-state index >= 15 is 0 Å². The van der Waals surface area contributed by atoms with Crippen molar-refractivity contribution in [2.24, 2.45) is 0 Å². The Morgan fingerprint density at radius 2 is 1.76 bits per heavy atom. The van der Waals surface area contributed by atoms with E-state index in [2.05, 4.69) is 19.2 Å². The van der Waals surface area contributed by atoms with Gasteiger partial charge in [-0.1, -0.05) is 38.1 Å². The van der Waals surface area contributed by atoms with Gasteiger partial charge in [-0.2, -0.15) is 0 Å². The van der Waals surface area contributed by atoms with Gasteiger partial charge >= 0.3 is 5.97 Å². The highest BCUT2D eigenvalue weighted by atomic mass is 16.4. The van der Waals surface area contributed by atoms with Crippen LogP contribution in [0, 0.1) is 0 Å². The summed E-state index contributed by atoms with van der Waals surface area (Å²) in [6.45, 7) is 4.33. The van der Waals surface area contributed by atoms with Gasteiger partial charge < -0.3 is 15.5 Å². The lowest BCUT2D eigenvalue weighted by Gasteiger charge is -2.12. The van der Waals surface area contributed by atoms with Crippen LogP contribution in [0.25, 0.3) is 0 Å². The standard InChI is InChI=1S/C13H19NO3/c1-9(2)10-3-5-11(6-4-10)12(15)7-14-8-13(16)17/h3-6,9,12,14-15H,7-8H2,1-2H3,(H,16,17). The van der Waals surface area contributed by atoms with Crippen LogP contribution in [-0.2, 0) is 4.79 Å². The molecule has 0 aliphatic carbocycles. The molecule has 0 radical (unpaired) electrons. The summed E-state index contributed by atoms with van der Waals surface area (Å²) in [5.41, 5.74) is 2.02. The van der Waals surface area contributed by atoms with Crippen LogP contribution < -0.4 is 5.32 Å². The zero-order valence-electron chi connectivity index (χ0n) is 10.2. The van der Waals surface area contributed by atoms with Crippen LogP contribution in [0.15, 0.2) is 24.3 Å². The number of nitrogens with one attached hydrogen (secondary N) is 1. The molecule has 0 aromatic heterocycles. The molecule has 1 unspecified atom stereocenters. The summed E-state index contributed by atoms with van der Waals surface area (Å²) in [4.78, 5) is 10.3. The summed E-state index contributed by atoms with van der Waals surface area (Å²) >= 11 is 0. The fraction of sp³-hybridized carbons (Fsp3) is 0.462. The van der Waals surface area contributed by atoms with Crippen LogP contribution in [0.2, 0.25) is 0 Å². The summed E-state index contributed by atoms with van der Waals surface area (Å²) in [5, 5.41) is 20.9. The van der Waals surface area contributed by atoms with E-state index in [9.17, 15) is 9.90 Å². The lowest BCUT2D eigenvalue weighted by atomic mass is 10.00. The van der Waals surface area contributed by atoms with Crippen LogP contribution in [-0.4, -0.2) is 29.3 Å². The molecule has 1 aromatic carbocycles. The topological polar surface area (TPSA) is 69.6 Å². The smallest absolute Gasteiger partial charge is 0.317 e. The molecular formula is C13H19NO3. The van der Waals surface area contributed by atoms with Crippen molar-refractivity contribution in [3.8, 4) is 0 Å². The van der Waals surface area contributed by atoms with Crippen molar-refractivity contribution in [1.82, 2.24) is 5.32 Å². The molecule has 94 valence electrons. The largest absolute Gasteiger partial charge is 0.480 e. The highest BCUT2D eigenvalue weighted by Gasteiger charge is 2.08. The van der Waals surface area contributed by atoms with Crippen LogP contribution in [0.3, 0.4) is 0 Å². The third kappa shape index (κ3) is 4.54. The minimum atomic E-state index is -0.924. The normalized spacial score (nSPS) is 12.7. The molecule has 0 amide bonds. The number of aliphatic hydroxyl groups excluding tert-OH is 1. The molecule has 17 heavy (non-hydrogen) atoms.